The van der Waals surface area contributed by atoms with Gasteiger partial charge in [0.15, 0.2) is 0 Å². The predicted octanol–water partition coefficient (Wildman–Crippen LogP) is 2.52. The van der Waals surface area contributed by atoms with Gasteiger partial charge in [0, 0.05) is 31.3 Å². The molecule has 146 valence electrons. The van der Waals surface area contributed by atoms with Crippen LogP contribution in [0, 0.1) is 5.92 Å². The van der Waals surface area contributed by atoms with Gasteiger partial charge in [0.2, 0.25) is 11.8 Å². The predicted molar refractivity (Wildman–Crippen MR) is 101 cm³/mol. The topological polar surface area (TPSA) is 76.5 Å². The maximum atomic E-state index is 12.7. The number of anilines is 1. The molecule has 27 heavy (non-hydrogen) atoms. The van der Waals surface area contributed by atoms with Crippen molar-refractivity contribution in [2.45, 2.75) is 51.0 Å². The van der Waals surface area contributed by atoms with E-state index in [1.807, 2.05) is 15.6 Å². The van der Waals surface area contributed by atoms with Gasteiger partial charge in [-0.25, -0.2) is 4.68 Å². The first-order valence-corrected chi connectivity index (χ1v) is 10.1. The Morgan fingerprint density at radius 2 is 2.04 bits per heavy atom. The number of ether oxygens (including phenoxy) is 1. The Morgan fingerprint density at radius 1 is 1.19 bits per heavy atom. The highest BCUT2D eigenvalue weighted by Gasteiger charge is 2.29. The van der Waals surface area contributed by atoms with Crippen LogP contribution < -0.4 is 5.32 Å². The number of piperidine rings is 1. The third-order valence-corrected chi connectivity index (χ3v) is 5.89. The molecule has 4 rings (SSSR count). The lowest BCUT2D eigenvalue weighted by Gasteiger charge is -2.33. The van der Waals surface area contributed by atoms with Gasteiger partial charge < -0.3 is 15.0 Å². The average Bonchev–Trinajstić information content (AvgIpc) is 3.40. The number of amides is 2. The van der Waals surface area contributed by atoms with Crippen molar-refractivity contribution >= 4 is 17.6 Å². The van der Waals surface area contributed by atoms with E-state index in [0.29, 0.717) is 13.2 Å². The van der Waals surface area contributed by atoms with Crippen LogP contribution in [0.4, 0.5) is 5.82 Å². The van der Waals surface area contributed by atoms with Gasteiger partial charge in [-0.15, -0.1) is 0 Å². The fourth-order valence-electron chi connectivity index (χ4n) is 4.22. The number of hydrogen-bond acceptors (Lipinski definition) is 4. The van der Waals surface area contributed by atoms with E-state index in [-0.39, 0.29) is 23.8 Å². The van der Waals surface area contributed by atoms with E-state index in [2.05, 4.69) is 16.5 Å². The molecule has 1 aromatic heterocycles. The Bertz CT molecular complexity index is 713. The fraction of sp³-hybridized carbons (Fsp3) is 0.650. The van der Waals surface area contributed by atoms with Gasteiger partial charge in [0.25, 0.3) is 0 Å². The Labute approximate surface area is 159 Å². The Morgan fingerprint density at radius 3 is 2.74 bits per heavy atom. The molecule has 2 fully saturated rings. The summed E-state index contributed by atoms with van der Waals surface area (Å²) < 4.78 is 7.22. The summed E-state index contributed by atoms with van der Waals surface area (Å²) in [5.41, 5.74) is 0.991. The van der Waals surface area contributed by atoms with Gasteiger partial charge in [-0.2, -0.15) is 5.10 Å². The minimum Gasteiger partial charge on any atom is -0.381 e. The quantitative estimate of drug-likeness (QED) is 0.881. The molecule has 1 atom stereocenters. The third-order valence-electron chi connectivity index (χ3n) is 5.89. The van der Waals surface area contributed by atoms with Crippen LogP contribution in [0.2, 0.25) is 0 Å². The van der Waals surface area contributed by atoms with Gasteiger partial charge in [-0.05, 0) is 44.9 Å². The number of hydrogen-bond donors (Lipinski definition) is 1. The molecule has 0 bridgehead atoms. The van der Waals surface area contributed by atoms with Crippen LogP contribution in [0.1, 0.15) is 51.0 Å². The van der Waals surface area contributed by atoms with Crippen LogP contribution in [-0.2, 0) is 14.3 Å². The molecule has 2 aliphatic heterocycles. The zero-order chi connectivity index (χ0) is 18.6. The number of carbonyl (C=O) groups excluding carboxylic acids is 2. The number of likely N-dealkylation sites (tertiary alicyclic amines) is 1. The van der Waals surface area contributed by atoms with E-state index < -0.39 is 0 Å². The molecular formula is C20H28N4O3. The van der Waals surface area contributed by atoms with Crippen molar-refractivity contribution in [3.8, 4) is 0 Å². The largest absolute Gasteiger partial charge is 0.381 e. The van der Waals surface area contributed by atoms with Crippen molar-refractivity contribution in [1.82, 2.24) is 14.7 Å². The average molecular weight is 372 g/mol. The number of nitrogens with one attached hydrogen (secondary N) is 1. The molecule has 0 saturated carbocycles. The highest BCUT2D eigenvalue weighted by atomic mass is 16.5. The van der Waals surface area contributed by atoms with Crippen molar-refractivity contribution < 1.29 is 14.3 Å². The number of aromatic nitrogens is 2. The first kappa shape index (κ1) is 18.2. The van der Waals surface area contributed by atoms with Gasteiger partial charge in [0.1, 0.15) is 5.82 Å². The number of allylic oxidation sites excluding steroid dienone is 1. The molecule has 2 amide bonds. The normalized spacial score (nSPS) is 23.9. The molecule has 3 heterocycles. The lowest BCUT2D eigenvalue weighted by Crippen LogP contribution is -2.40. The molecule has 0 unspecified atom stereocenters. The molecule has 7 nitrogen and oxygen atoms in total. The molecule has 0 aromatic carbocycles. The highest BCUT2D eigenvalue weighted by molar-refractivity contribution is 5.93. The second-order valence-electron chi connectivity index (χ2n) is 7.71. The summed E-state index contributed by atoms with van der Waals surface area (Å²) in [7, 11) is 0. The second kappa shape index (κ2) is 8.25. The van der Waals surface area contributed by atoms with Gasteiger partial charge in [-0.3, -0.25) is 9.59 Å². The first-order chi connectivity index (χ1) is 13.2. The molecule has 0 radical (unpaired) electrons. The van der Waals surface area contributed by atoms with E-state index in [9.17, 15) is 9.59 Å². The monoisotopic (exact) mass is 372 g/mol. The summed E-state index contributed by atoms with van der Waals surface area (Å²) in [6, 6.07) is 2.05. The number of carbonyl (C=O) groups is 2. The first-order valence-electron chi connectivity index (χ1n) is 10.1. The van der Waals surface area contributed by atoms with Crippen LogP contribution in [0.5, 0.6) is 0 Å². The van der Waals surface area contributed by atoms with Crippen molar-refractivity contribution in [3.05, 3.63) is 23.9 Å². The van der Waals surface area contributed by atoms with Crippen molar-refractivity contribution in [2.75, 3.05) is 31.6 Å². The summed E-state index contributed by atoms with van der Waals surface area (Å²) in [6.45, 7) is 2.63. The smallest absolute Gasteiger partial charge is 0.249 e. The van der Waals surface area contributed by atoms with Crippen LogP contribution in [0.3, 0.4) is 0 Å². The van der Waals surface area contributed by atoms with Crippen molar-refractivity contribution in [2.24, 2.45) is 5.92 Å². The minimum atomic E-state index is -0.0726. The van der Waals surface area contributed by atoms with E-state index in [1.165, 1.54) is 6.42 Å². The van der Waals surface area contributed by atoms with Crippen LogP contribution in [-0.4, -0.2) is 52.8 Å². The Kier molecular flexibility index (Phi) is 5.57. The summed E-state index contributed by atoms with van der Waals surface area (Å²) >= 11 is 0. The Hall–Kier alpha value is -2.15. The van der Waals surface area contributed by atoms with Gasteiger partial charge in [-0.1, -0.05) is 6.08 Å². The van der Waals surface area contributed by atoms with E-state index in [1.54, 1.807) is 6.20 Å². The fourth-order valence-corrected chi connectivity index (χ4v) is 4.22. The van der Waals surface area contributed by atoms with Gasteiger partial charge in [0.05, 0.1) is 24.8 Å². The SMILES string of the molecule is O=C(Nc1ccnn1C1CCN(C(=O)C2=CCCCC2)CC1)[C@H]1CCOC1. The minimum absolute atomic E-state index is 0.00565. The zero-order valence-electron chi connectivity index (χ0n) is 15.7. The van der Waals surface area contributed by atoms with Crippen molar-refractivity contribution in [1.29, 1.82) is 0 Å². The maximum Gasteiger partial charge on any atom is 0.249 e. The summed E-state index contributed by atoms with van der Waals surface area (Å²) in [6.07, 6.45) is 10.6. The molecule has 2 saturated heterocycles. The van der Waals surface area contributed by atoms with Crippen molar-refractivity contribution in [3.63, 3.8) is 0 Å². The molecule has 1 aliphatic carbocycles. The zero-order valence-corrected chi connectivity index (χ0v) is 15.7. The number of nitrogens with zero attached hydrogens (tertiary/aromatic N) is 3. The lowest BCUT2D eigenvalue weighted by molar-refractivity contribution is -0.128. The van der Waals surface area contributed by atoms with Gasteiger partial charge >= 0.3 is 0 Å². The molecular weight excluding hydrogens is 344 g/mol. The molecule has 1 N–H and O–H groups in total. The van der Waals surface area contributed by atoms with Crippen LogP contribution in [0.25, 0.3) is 0 Å². The van der Waals surface area contributed by atoms with Crippen LogP contribution >= 0.6 is 0 Å². The number of rotatable bonds is 4. The Balaban J connectivity index is 1.34. The summed E-state index contributed by atoms with van der Waals surface area (Å²) in [4.78, 5) is 27.0. The molecule has 1 aromatic rings. The second-order valence-corrected chi connectivity index (χ2v) is 7.71. The van der Waals surface area contributed by atoms with E-state index in [4.69, 9.17) is 4.74 Å². The standard InChI is InChI=1S/C20H28N4O3/c25-19(16-9-13-27-14-16)22-18-6-10-21-24(18)17-7-11-23(12-8-17)20(26)15-4-2-1-3-5-15/h4,6,10,16-17H,1-3,5,7-9,11-14H2,(H,22,25)/t16-/m0/s1. The molecule has 7 heteroatoms. The summed E-state index contributed by atoms with van der Waals surface area (Å²) in [5, 5.41) is 7.44. The highest BCUT2D eigenvalue weighted by Crippen LogP contribution is 2.28. The summed E-state index contributed by atoms with van der Waals surface area (Å²) in [5.74, 6) is 0.887. The van der Waals surface area contributed by atoms with E-state index in [0.717, 1.165) is 63.0 Å². The van der Waals surface area contributed by atoms with Crippen LogP contribution in [0.15, 0.2) is 23.9 Å². The third kappa shape index (κ3) is 4.08. The lowest BCUT2D eigenvalue weighted by atomic mass is 9.97. The molecule has 3 aliphatic rings. The molecule has 0 spiro atoms. The maximum absolute atomic E-state index is 12.7. The van der Waals surface area contributed by atoms with E-state index >= 15 is 0 Å².